The molecule has 8 rings (SSSR count). The Morgan fingerprint density at radius 3 is 2.26 bits per heavy atom. The lowest BCUT2D eigenvalue weighted by atomic mass is 9.85. The van der Waals surface area contributed by atoms with Crippen LogP contribution in [0.1, 0.15) is 107 Å². The van der Waals surface area contributed by atoms with Crippen LogP contribution in [0.2, 0.25) is 0 Å². The number of rotatable bonds is 11. The number of hydrogen-bond acceptors (Lipinski definition) is 12. The third-order valence-electron chi connectivity index (χ3n) is 12.1. The summed E-state index contributed by atoms with van der Waals surface area (Å²) in [5.41, 5.74) is 8.93. The molecule has 2 aromatic carbocycles. The van der Waals surface area contributed by atoms with Gasteiger partial charge in [0.25, 0.3) is 5.91 Å². The Labute approximate surface area is 384 Å². The standard InChI is InChI=1S/C48H51N9O6S2/c1-24-27(4)65-47-39(24)40(52-36(19-38(59)60)43-55-54-28(5)57(43)47)31-13-11-30(12-14-31)33-17-34(21-49-20-33)44(61)53-42(48(6,7)8)46(63)56-22-35(58)18-37(56)45(62)51-25(2)29-9-15-32(16-10-29)41-26(3)50-23-64-41/h9-17,20-21,23,25,35-37,42,58H,18-19,22H2,1-8H3,(H,51,62)(H,53,61)(H,59,60)/t25?,35-,36+,37+,42?/m1/s1. The molecule has 4 N–H and O–H groups in total. The minimum Gasteiger partial charge on any atom is -0.481 e. The van der Waals surface area contributed by atoms with Crippen LogP contribution in [0, 0.1) is 33.1 Å². The number of aliphatic hydroxyl groups is 1. The number of thiophene rings is 1. The number of aryl methyl sites for hydroxylation is 3. The number of benzene rings is 2. The Hall–Kier alpha value is -6.43. The van der Waals surface area contributed by atoms with Gasteiger partial charge in [0, 0.05) is 46.9 Å². The minimum absolute atomic E-state index is 0.0515. The van der Waals surface area contributed by atoms with Crippen LogP contribution in [0.5, 0.6) is 0 Å². The Balaban J connectivity index is 0.991. The van der Waals surface area contributed by atoms with Crippen molar-refractivity contribution < 1.29 is 29.4 Å². The first-order valence-corrected chi connectivity index (χ1v) is 23.1. The number of pyridine rings is 1. The van der Waals surface area contributed by atoms with Crippen molar-refractivity contribution in [2.75, 3.05) is 6.54 Å². The number of amides is 3. The second-order valence-electron chi connectivity index (χ2n) is 17.8. The van der Waals surface area contributed by atoms with Crippen LogP contribution in [-0.4, -0.2) is 94.0 Å². The van der Waals surface area contributed by atoms with E-state index in [1.54, 1.807) is 34.9 Å². The Kier molecular flexibility index (Phi) is 12.4. The van der Waals surface area contributed by atoms with Crippen LogP contribution in [0.15, 0.2) is 77.5 Å². The molecule has 6 aromatic rings. The van der Waals surface area contributed by atoms with Crippen molar-refractivity contribution >= 4 is 52.1 Å². The van der Waals surface area contributed by atoms with Gasteiger partial charge in [-0.25, -0.2) is 4.98 Å². The molecule has 4 aromatic heterocycles. The van der Waals surface area contributed by atoms with Gasteiger partial charge in [0.05, 0.1) is 45.9 Å². The summed E-state index contributed by atoms with van der Waals surface area (Å²) < 4.78 is 1.91. The summed E-state index contributed by atoms with van der Waals surface area (Å²) in [6, 6.07) is 14.1. The fourth-order valence-corrected chi connectivity index (χ4v) is 10.5. The summed E-state index contributed by atoms with van der Waals surface area (Å²) in [4.78, 5) is 71.6. The molecule has 17 heteroatoms. The summed E-state index contributed by atoms with van der Waals surface area (Å²) in [7, 11) is 0. The first-order valence-electron chi connectivity index (χ1n) is 21.4. The van der Waals surface area contributed by atoms with Crippen molar-refractivity contribution in [2.45, 2.75) is 98.5 Å². The molecule has 1 fully saturated rings. The minimum atomic E-state index is -1.05. The highest BCUT2D eigenvalue weighted by molar-refractivity contribution is 7.15. The van der Waals surface area contributed by atoms with Crippen molar-refractivity contribution in [1.29, 1.82) is 0 Å². The number of carboxylic acid groups (broad SMARTS) is 1. The molecule has 65 heavy (non-hydrogen) atoms. The van der Waals surface area contributed by atoms with Gasteiger partial charge in [-0.15, -0.1) is 32.9 Å². The fraction of sp³-hybridized carbons (Fsp3) is 0.354. The van der Waals surface area contributed by atoms with E-state index in [2.05, 4.69) is 30.8 Å². The van der Waals surface area contributed by atoms with Gasteiger partial charge in [0.2, 0.25) is 11.8 Å². The average Bonchev–Trinajstić information content (AvgIpc) is 4.04. The zero-order chi connectivity index (χ0) is 46.5. The molecule has 0 radical (unpaired) electrons. The topological polar surface area (TPSA) is 205 Å². The highest BCUT2D eigenvalue weighted by atomic mass is 32.1. The number of aromatic nitrogens is 5. The van der Waals surface area contributed by atoms with Gasteiger partial charge in [-0.1, -0.05) is 69.3 Å². The van der Waals surface area contributed by atoms with E-state index >= 15 is 0 Å². The zero-order valence-electron chi connectivity index (χ0n) is 37.4. The van der Waals surface area contributed by atoms with E-state index in [0.29, 0.717) is 22.9 Å². The van der Waals surface area contributed by atoms with E-state index in [4.69, 9.17) is 4.99 Å². The van der Waals surface area contributed by atoms with Crippen molar-refractivity contribution in [3.05, 3.63) is 123 Å². The van der Waals surface area contributed by atoms with Gasteiger partial charge in [0.1, 0.15) is 29.0 Å². The Morgan fingerprint density at radius 1 is 0.908 bits per heavy atom. The fourth-order valence-electron chi connectivity index (χ4n) is 8.46. The van der Waals surface area contributed by atoms with E-state index < -0.39 is 53.3 Å². The summed E-state index contributed by atoms with van der Waals surface area (Å²) >= 11 is 3.15. The lowest BCUT2D eigenvalue weighted by Crippen LogP contribution is -2.57. The van der Waals surface area contributed by atoms with Crippen molar-refractivity contribution in [2.24, 2.45) is 10.4 Å². The van der Waals surface area contributed by atoms with Crippen molar-refractivity contribution in [1.82, 2.24) is 40.3 Å². The second kappa shape index (κ2) is 17.9. The second-order valence-corrected chi connectivity index (χ2v) is 19.9. The van der Waals surface area contributed by atoms with Crippen molar-refractivity contribution in [3.8, 4) is 26.6 Å². The maximum Gasteiger partial charge on any atom is 0.306 e. The van der Waals surface area contributed by atoms with E-state index in [1.807, 2.05) is 114 Å². The summed E-state index contributed by atoms with van der Waals surface area (Å²) in [6.45, 7) is 15.2. The van der Waals surface area contributed by atoms with E-state index in [1.165, 1.54) is 11.1 Å². The molecule has 0 saturated carbocycles. The molecule has 0 spiro atoms. The SMILES string of the molecule is Cc1ncsc1-c1ccc(C(C)NC(=O)[C@@H]2C[C@@H](O)CN2C(=O)C(NC(=O)c2cncc(-c3ccc(C4=N[C@@H](CC(=O)O)c5nnc(C)n5-c5sc(C)c(C)c54)cc3)c2)C(C)(C)C)cc1. The lowest BCUT2D eigenvalue weighted by Gasteiger charge is -2.35. The van der Waals surface area contributed by atoms with Gasteiger partial charge in [-0.2, -0.15) is 0 Å². The predicted molar refractivity (Wildman–Crippen MR) is 249 cm³/mol. The van der Waals surface area contributed by atoms with Crippen LogP contribution >= 0.6 is 22.7 Å². The summed E-state index contributed by atoms with van der Waals surface area (Å²) in [5, 5.41) is 36.1. The molecular weight excluding hydrogens is 863 g/mol. The molecular formula is C48H51N9O6S2. The predicted octanol–water partition coefficient (Wildman–Crippen LogP) is 7.10. The first kappa shape index (κ1) is 45.1. The van der Waals surface area contributed by atoms with Gasteiger partial charge >= 0.3 is 5.97 Å². The number of likely N-dealkylation sites (tertiary alicyclic amines) is 1. The molecule has 3 amide bonds. The molecule has 15 nitrogen and oxygen atoms in total. The number of thiazole rings is 1. The maximum absolute atomic E-state index is 14.4. The van der Waals surface area contributed by atoms with E-state index in [9.17, 15) is 29.4 Å². The van der Waals surface area contributed by atoms with Crippen LogP contribution in [0.25, 0.3) is 26.6 Å². The summed E-state index contributed by atoms with van der Waals surface area (Å²) in [5.74, 6) is -1.26. The lowest BCUT2D eigenvalue weighted by molar-refractivity contribution is -0.142. The van der Waals surface area contributed by atoms with E-state index in [-0.39, 0.29) is 31.0 Å². The normalized spacial score (nSPS) is 18.0. The van der Waals surface area contributed by atoms with Crippen molar-refractivity contribution in [3.63, 3.8) is 0 Å². The number of aliphatic imine (C=N–C) groups is 1. The molecule has 0 bridgehead atoms. The Bertz CT molecular complexity index is 2840. The number of carboxylic acids is 1. The number of aliphatic hydroxyl groups excluding tert-OH is 1. The van der Waals surface area contributed by atoms with Crippen LogP contribution in [0.3, 0.4) is 0 Å². The van der Waals surface area contributed by atoms with Gasteiger partial charge in [0.15, 0.2) is 5.82 Å². The average molecular weight is 914 g/mol. The largest absolute Gasteiger partial charge is 0.481 e. The number of nitrogens with one attached hydrogen (secondary N) is 2. The third-order valence-corrected chi connectivity index (χ3v) is 14.3. The third kappa shape index (κ3) is 9.00. The molecule has 2 aliphatic rings. The molecule has 1 saturated heterocycles. The monoisotopic (exact) mass is 913 g/mol. The molecule has 2 aliphatic heterocycles. The Morgan fingerprint density at radius 2 is 1.60 bits per heavy atom. The number of nitrogens with zero attached hydrogens (tertiary/aromatic N) is 7. The van der Waals surface area contributed by atoms with Crippen LogP contribution in [0.4, 0.5) is 0 Å². The number of carbonyl (C=O) groups is 4. The molecule has 336 valence electrons. The van der Waals surface area contributed by atoms with Crippen LogP contribution < -0.4 is 10.6 Å². The number of fused-ring (bicyclic) bond motifs is 3. The van der Waals surface area contributed by atoms with Gasteiger partial charge in [-0.3, -0.25) is 33.7 Å². The smallest absolute Gasteiger partial charge is 0.306 e. The first-order chi connectivity index (χ1) is 30.9. The van der Waals surface area contributed by atoms with Gasteiger partial charge < -0.3 is 25.7 Å². The zero-order valence-corrected chi connectivity index (χ0v) is 39.0. The molecule has 6 heterocycles. The summed E-state index contributed by atoms with van der Waals surface area (Å²) in [6.07, 6.45) is 1.98. The quantitative estimate of drug-likeness (QED) is 0.104. The van der Waals surface area contributed by atoms with Gasteiger partial charge in [-0.05, 0) is 68.4 Å². The van der Waals surface area contributed by atoms with E-state index in [0.717, 1.165) is 53.8 Å². The van der Waals surface area contributed by atoms with Crippen LogP contribution in [-0.2, 0) is 14.4 Å². The molecule has 0 aliphatic carbocycles. The molecule has 5 atom stereocenters. The number of β-amino-alcohol motifs (C(OH)–C–C–N with tert-alkyl or cyclic N) is 1. The number of hydrogen-bond donors (Lipinski definition) is 4. The number of aliphatic carboxylic acids is 1. The highest BCUT2D eigenvalue weighted by Crippen LogP contribution is 2.40. The maximum atomic E-state index is 14.4. The number of carbonyl (C=O) groups excluding carboxylic acids is 3. The molecule has 2 unspecified atom stereocenters. The highest BCUT2D eigenvalue weighted by Gasteiger charge is 2.45.